The lowest BCUT2D eigenvalue weighted by Gasteiger charge is -2.16. The lowest BCUT2D eigenvalue weighted by molar-refractivity contribution is -0.129. The first-order chi connectivity index (χ1) is 12.5. The number of amides is 3. The summed E-state index contributed by atoms with van der Waals surface area (Å²) in [7, 11) is 0. The van der Waals surface area contributed by atoms with E-state index >= 15 is 0 Å². The molecule has 2 aromatic rings. The lowest BCUT2D eigenvalue weighted by atomic mass is 10.1. The van der Waals surface area contributed by atoms with Crippen molar-refractivity contribution in [3.63, 3.8) is 0 Å². The second kappa shape index (κ2) is 8.01. The molecule has 26 heavy (non-hydrogen) atoms. The Morgan fingerprint density at radius 3 is 2.42 bits per heavy atom. The molecule has 3 rings (SSSR count). The van der Waals surface area contributed by atoms with Gasteiger partial charge in [-0.1, -0.05) is 41.9 Å². The van der Waals surface area contributed by atoms with E-state index in [0.717, 1.165) is 5.56 Å². The van der Waals surface area contributed by atoms with Crippen LogP contribution in [0.1, 0.15) is 22.3 Å². The Labute approximate surface area is 156 Å². The van der Waals surface area contributed by atoms with E-state index in [1.165, 1.54) is 0 Å². The van der Waals surface area contributed by atoms with E-state index in [1.54, 1.807) is 29.2 Å². The van der Waals surface area contributed by atoms with Crippen molar-refractivity contribution in [3.8, 4) is 0 Å². The summed E-state index contributed by atoms with van der Waals surface area (Å²) >= 11 is 5.78. The third kappa shape index (κ3) is 4.40. The summed E-state index contributed by atoms with van der Waals surface area (Å²) < 4.78 is 0. The first-order valence-electron chi connectivity index (χ1n) is 8.20. The molecule has 1 heterocycles. The number of nitrogens with zero attached hydrogens (tertiary/aromatic N) is 1. The van der Waals surface area contributed by atoms with Crippen molar-refractivity contribution in [2.75, 3.05) is 6.54 Å². The molecule has 1 saturated heterocycles. The quantitative estimate of drug-likeness (QED) is 0.808. The van der Waals surface area contributed by atoms with E-state index in [9.17, 15) is 14.4 Å². The Balaban J connectivity index is 1.51. The summed E-state index contributed by atoms with van der Waals surface area (Å²) in [5.74, 6) is -1.38. The number of nitrogens with one attached hydrogen (secondary N) is 2. The molecule has 2 aromatic carbocycles. The van der Waals surface area contributed by atoms with Crippen molar-refractivity contribution in [3.05, 3.63) is 70.7 Å². The highest BCUT2D eigenvalue weighted by atomic mass is 35.5. The normalized spacial score (nSPS) is 16.4. The van der Waals surface area contributed by atoms with Gasteiger partial charge >= 0.3 is 0 Å². The number of carbonyl (C=O) groups excluding carboxylic acids is 3. The van der Waals surface area contributed by atoms with E-state index in [4.69, 9.17) is 11.6 Å². The average Bonchev–Trinajstić information content (AvgIpc) is 3.01. The Hall–Kier alpha value is -2.86. The van der Waals surface area contributed by atoms with Crippen molar-refractivity contribution >= 4 is 29.3 Å². The smallest absolute Gasteiger partial charge is 0.269 e. The van der Waals surface area contributed by atoms with Crippen LogP contribution in [-0.4, -0.2) is 29.2 Å². The van der Waals surface area contributed by atoms with Crippen LogP contribution in [0.15, 0.2) is 54.6 Å². The third-order valence-electron chi connectivity index (χ3n) is 4.21. The van der Waals surface area contributed by atoms with Gasteiger partial charge in [0.05, 0.1) is 5.92 Å². The molecule has 1 aliphatic heterocycles. The Morgan fingerprint density at radius 1 is 1.04 bits per heavy atom. The molecule has 1 atom stereocenters. The zero-order chi connectivity index (χ0) is 18.5. The van der Waals surface area contributed by atoms with Gasteiger partial charge in [-0.15, -0.1) is 0 Å². The van der Waals surface area contributed by atoms with Crippen LogP contribution >= 0.6 is 11.6 Å². The fraction of sp³-hybridized carbons (Fsp3) is 0.211. The number of halogens is 1. The van der Waals surface area contributed by atoms with E-state index < -0.39 is 11.8 Å². The molecule has 1 aliphatic rings. The fourth-order valence-electron chi connectivity index (χ4n) is 2.80. The molecule has 0 bridgehead atoms. The van der Waals surface area contributed by atoms with Gasteiger partial charge in [-0.05, 0) is 29.8 Å². The van der Waals surface area contributed by atoms with Gasteiger partial charge in [0.2, 0.25) is 11.8 Å². The van der Waals surface area contributed by atoms with Gasteiger partial charge in [-0.2, -0.15) is 0 Å². The Bertz CT molecular complexity index is 809. The van der Waals surface area contributed by atoms with Crippen molar-refractivity contribution in [1.29, 1.82) is 0 Å². The maximum atomic E-state index is 12.3. The Morgan fingerprint density at radius 2 is 1.73 bits per heavy atom. The van der Waals surface area contributed by atoms with Crippen LogP contribution in [0, 0.1) is 5.92 Å². The van der Waals surface area contributed by atoms with Gasteiger partial charge < -0.3 is 4.90 Å². The fourth-order valence-corrected chi connectivity index (χ4v) is 2.92. The molecule has 6 nitrogen and oxygen atoms in total. The number of carbonyl (C=O) groups is 3. The highest BCUT2D eigenvalue weighted by Gasteiger charge is 2.34. The first kappa shape index (κ1) is 17.9. The molecule has 2 N–H and O–H groups in total. The van der Waals surface area contributed by atoms with E-state index in [2.05, 4.69) is 10.9 Å². The highest BCUT2D eigenvalue weighted by molar-refractivity contribution is 6.30. The molecule has 0 unspecified atom stereocenters. The van der Waals surface area contributed by atoms with Crippen LogP contribution in [0.25, 0.3) is 0 Å². The van der Waals surface area contributed by atoms with Gasteiger partial charge in [-0.25, -0.2) is 0 Å². The molecule has 0 radical (unpaired) electrons. The zero-order valence-corrected chi connectivity index (χ0v) is 14.7. The minimum atomic E-state index is -0.489. The number of rotatable bonds is 4. The van der Waals surface area contributed by atoms with Crippen molar-refractivity contribution in [2.24, 2.45) is 5.92 Å². The SMILES string of the molecule is O=C(NNC(=O)[C@@H]1CC(=O)N(Cc2ccccc2)C1)c1ccc(Cl)cc1. The highest BCUT2D eigenvalue weighted by Crippen LogP contribution is 2.20. The molecule has 0 aliphatic carbocycles. The molecule has 0 saturated carbocycles. The van der Waals surface area contributed by atoms with Crippen LogP contribution in [0.3, 0.4) is 0 Å². The summed E-state index contributed by atoms with van der Waals surface area (Å²) in [4.78, 5) is 38.0. The standard InChI is InChI=1S/C19H18ClN3O3/c20-16-8-6-14(7-9-16)18(25)21-22-19(26)15-10-17(24)23(12-15)11-13-4-2-1-3-5-13/h1-9,15H,10-12H2,(H,21,25)(H,22,26)/t15-/m1/s1. The topological polar surface area (TPSA) is 78.5 Å². The van der Waals surface area contributed by atoms with Crippen molar-refractivity contribution < 1.29 is 14.4 Å². The maximum absolute atomic E-state index is 12.3. The predicted molar refractivity (Wildman–Crippen MR) is 97.0 cm³/mol. The molecular weight excluding hydrogens is 354 g/mol. The molecule has 0 spiro atoms. The second-order valence-electron chi connectivity index (χ2n) is 6.11. The largest absolute Gasteiger partial charge is 0.338 e. The van der Waals surface area contributed by atoms with Gasteiger partial charge in [0.1, 0.15) is 0 Å². The monoisotopic (exact) mass is 371 g/mol. The summed E-state index contributed by atoms with van der Waals surface area (Å²) in [5.41, 5.74) is 6.14. The van der Waals surface area contributed by atoms with Crippen LogP contribution < -0.4 is 10.9 Å². The van der Waals surface area contributed by atoms with E-state index in [1.807, 2.05) is 30.3 Å². The van der Waals surface area contributed by atoms with Crippen molar-refractivity contribution in [1.82, 2.24) is 15.8 Å². The van der Waals surface area contributed by atoms with Gasteiger partial charge in [0.25, 0.3) is 5.91 Å². The van der Waals surface area contributed by atoms with Gasteiger partial charge in [0.15, 0.2) is 0 Å². The van der Waals surface area contributed by atoms with Gasteiger partial charge in [-0.3, -0.25) is 25.2 Å². The van der Waals surface area contributed by atoms with E-state index in [0.29, 0.717) is 23.7 Å². The van der Waals surface area contributed by atoms with Crippen LogP contribution in [0.4, 0.5) is 0 Å². The summed E-state index contributed by atoms with van der Waals surface area (Å²) in [6.07, 6.45) is 0.134. The number of hydrogen-bond acceptors (Lipinski definition) is 3. The molecule has 0 aromatic heterocycles. The number of likely N-dealkylation sites (tertiary alicyclic amines) is 1. The summed E-state index contributed by atoms with van der Waals surface area (Å²) in [6, 6.07) is 15.9. The maximum Gasteiger partial charge on any atom is 0.269 e. The zero-order valence-electron chi connectivity index (χ0n) is 13.9. The predicted octanol–water partition coefficient (Wildman–Crippen LogP) is 2.15. The summed E-state index contributed by atoms with van der Waals surface area (Å²) in [6.45, 7) is 0.803. The van der Waals surface area contributed by atoms with Crippen LogP contribution in [0.5, 0.6) is 0 Å². The Kier molecular flexibility index (Phi) is 5.53. The molecule has 134 valence electrons. The number of benzene rings is 2. The minimum absolute atomic E-state index is 0.0713. The molecule has 3 amide bonds. The van der Waals surface area contributed by atoms with E-state index in [-0.39, 0.29) is 18.2 Å². The van der Waals surface area contributed by atoms with Crippen molar-refractivity contribution in [2.45, 2.75) is 13.0 Å². The summed E-state index contributed by atoms with van der Waals surface area (Å²) in [5, 5.41) is 0.522. The lowest BCUT2D eigenvalue weighted by Crippen LogP contribution is -2.45. The number of hydrazine groups is 1. The van der Waals surface area contributed by atoms with Crippen LogP contribution in [0.2, 0.25) is 5.02 Å². The molecular formula is C19H18ClN3O3. The van der Waals surface area contributed by atoms with Crippen LogP contribution in [-0.2, 0) is 16.1 Å². The van der Waals surface area contributed by atoms with Gasteiger partial charge in [0, 0.05) is 30.1 Å². The average molecular weight is 372 g/mol. The number of hydrogen-bond donors (Lipinski definition) is 2. The molecule has 1 fully saturated rings. The minimum Gasteiger partial charge on any atom is -0.338 e. The third-order valence-corrected chi connectivity index (χ3v) is 4.46. The molecule has 7 heteroatoms. The second-order valence-corrected chi connectivity index (χ2v) is 6.55. The first-order valence-corrected chi connectivity index (χ1v) is 8.58.